The maximum absolute atomic E-state index is 13.1. The molecule has 5 nitrogen and oxygen atoms in total. The fraction of sp³-hybridized carbons (Fsp3) is 0.500. The standard InChI is InChI=1S/C16H19ClFN3O2/c17-13-9-12(18)2-3-14(13)20-5-7-21(8-6-20)16(23)11-1-4-15(22)19-10-11/h2-3,9,11H,1,4-8,10H2,(H,19,22). The summed E-state index contributed by atoms with van der Waals surface area (Å²) in [6, 6.07) is 4.37. The van der Waals surface area contributed by atoms with Gasteiger partial charge in [-0.15, -0.1) is 0 Å². The Morgan fingerprint density at radius 3 is 2.61 bits per heavy atom. The molecule has 0 spiro atoms. The van der Waals surface area contributed by atoms with Crippen molar-refractivity contribution in [2.24, 2.45) is 5.92 Å². The van der Waals surface area contributed by atoms with Gasteiger partial charge in [0.25, 0.3) is 0 Å². The number of benzene rings is 1. The van der Waals surface area contributed by atoms with Crippen molar-refractivity contribution in [3.63, 3.8) is 0 Å². The largest absolute Gasteiger partial charge is 0.367 e. The van der Waals surface area contributed by atoms with E-state index in [4.69, 9.17) is 11.6 Å². The lowest BCUT2D eigenvalue weighted by Gasteiger charge is -2.38. The number of carbonyl (C=O) groups excluding carboxylic acids is 2. The highest BCUT2D eigenvalue weighted by atomic mass is 35.5. The van der Waals surface area contributed by atoms with Crippen molar-refractivity contribution >= 4 is 29.1 Å². The van der Waals surface area contributed by atoms with E-state index in [-0.39, 0.29) is 23.5 Å². The summed E-state index contributed by atoms with van der Waals surface area (Å²) < 4.78 is 13.1. The van der Waals surface area contributed by atoms with E-state index in [1.165, 1.54) is 12.1 Å². The number of carbonyl (C=O) groups is 2. The first-order valence-corrected chi connectivity index (χ1v) is 8.18. The molecule has 2 fully saturated rings. The van der Waals surface area contributed by atoms with Gasteiger partial charge in [0.1, 0.15) is 5.82 Å². The Hall–Kier alpha value is -1.82. The number of piperazine rings is 1. The van der Waals surface area contributed by atoms with Gasteiger partial charge in [-0.25, -0.2) is 4.39 Å². The monoisotopic (exact) mass is 339 g/mol. The Balaban J connectivity index is 1.57. The lowest BCUT2D eigenvalue weighted by molar-refractivity contribution is -0.137. The fourth-order valence-electron chi connectivity index (χ4n) is 3.11. The van der Waals surface area contributed by atoms with Crippen molar-refractivity contribution in [1.29, 1.82) is 0 Å². The third kappa shape index (κ3) is 3.58. The summed E-state index contributed by atoms with van der Waals surface area (Å²) in [6.07, 6.45) is 1.04. The highest BCUT2D eigenvalue weighted by Gasteiger charge is 2.30. The number of amides is 2. The number of nitrogens with one attached hydrogen (secondary N) is 1. The Labute approximate surface area is 139 Å². The van der Waals surface area contributed by atoms with E-state index in [1.54, 1.807) is 6.07 Å². The minimum Gasteiger partial charge on any atom is -0.367 e. The zero-order chi connectivity index (χ0) is 16.4. The summed E-state index contributed by atoms with van der Waals surface area (Å²) in [7, 11) is 0. The van der Waals surface area contributed by atoms with Crippen molar-refractivity contribution in [2.75, 3.05) is 37.6 Å². The van der Waals surface area contributed by atoms with Gasteiger partial charge in [0.2, 0.25) is 11.8 Å². The van der Waals surface area contributed by atoms with E-state index in [1.807, 2.05) is 4.90 Å². The highest BCUT2D eigenvalue weighted by Crippen LogP contribution is 2.27. The van der Waals surface area contributed by atoms with Crippen LogP contribution in [-0.4, -0.2) is 49.4 Å². The molecule has 2 amide bonds. The van der Waals surface area contributed by atoms with E-state index >= 15 is 0 Å². The molecule has 0 aliphatic carbocycles. The van der Waals surface area contributed by atoms with E-state index in [0.29, 0.717) is 50.6 Å². The Morgan fingerprint density at radius 1 is 1.26 bits per heavy atom. The number of hydrogen-bond donors (Lipinski definition) is 1. The van der Waals surface area contributed by atoms with Gasteiger partial charge in [-0.05, 0) is 24.6 Å². The Bertz CT molecular complexity index is 607. The van der Waals surface area contributed by atoms with Gasteiger partial charge in [0.05, 0.1) is 16.6 Å². The molecule has 1 N–H and O–H groups in total. The van der Waals surface area contributed by atoms with Crippen molar-refractivity contribution in [1.82, 2.24) is 10.2 Å². The van der Waals surface area contributed by atoms with Crippen molar-refractivity contribution < 1.29 is 14.0 Å². The molecule has 2 aliphatic heterocycles. The molecule has 0 aromatic heterocycles. The van der Waals surface area contributed by atoms with Crippen LogP contribution < -0.4 is 10.2 Å². The molecule has 124 valence electrons. The zero-order valence-electron chi connectivity index (χ0n) is 12.7. The number of halogens is 2. The third-order valence-electron chi connectivity index (χ3n) is 4.46. The summed E-state index contributed by atoms with van der Waals surface area (Å²) in [5.41, 5.74) is 0.796. The van der Waals surface area contributed by atoms with Crippen LogP contribution in [0.3, 0.4) is 0 Å². The van der Waals surface area contributed by atoms with Gasteiger partial charge >= 0.3 is 0 Å². The summed E-state index contributed by atoms with van der Waals surface area (Å²) in [5.74, 6) is -0.347. The SMILES string of the molecule is O=C1CCC(C(=O)N2CCN(c3ccc(F)cc3Cl)CC2)CN1. The van der Waals surface area contributed by atoms with Crippen molar-refractivity contribution in [3.05, 3.63) is 29.0 Å². The summed E-state index contributed by atoms with van der Waals surface area (Å²) in [4.78, 5) is 27.6. The number of hydrogen-bond acceptors (Lipinski definition) is 3. The zero-order valence-corrected chi connectivity index (χ0v) is 13.5. The van der Waals surface area contributed by atoms with Crippen LogP contribution in [0.4, 0.5) is 10.1 Å². The van der Waals surface area contributed by atoms with E-state index in [9.17, 15) is 14.0 Å². The molecule has 0 saturated carbocycles. The first-order chi connectivity index (χ1) is 11.0. The molecule has 2 saturated heterocycles. The van der Waals surface area contributed by atoms with Gasteiger partial charge < -0.3 is 15.1 Å². The van der Waals surface area contributed by atoms with E-state index in [0.717, 1.165) is 5.69 Å². The summed E-state index contributed by atoms with van der Waals surface area (Å²) in [5, 5.41) is 3.14. The molecule has 7 heteroatoms. The third-order valence-corrected chi connectivity index (χ3v) is 4.76. The van der Waals surface area contributed by atoms with Gasteiger partial charge in [0, 0.05) is 39.1 Å². The molecule has 1 atom stereocenters. The lowest BCUT2D eigenvalue weighted by Crippen LogP contribution is -2.52. The second kappa shape index (κ2) is 6.74. The first kappa shape index (κ1) is 16.1. The quantitative estimate of drug-likeness (QED) is 0.891. The molecule has 1 aromatic carbocycles. The van der Waals surface area contributed by atoms with Gasteiger partial charge in [-0.2, -0.15) is 0 Å². The molecule has 1 unspecified atom stereocenters. The highest BCUT2D eigenvalue weighted by molar-refractivity contribution is 6.33. The van der Waals surface area contributed by atoms with Crippen molar-refractivity contribution in [3.8, 4) is 0 Å². The number of rotatable bonds is 2. The summed E-state index contributed by atoms with van der Waals surface area (Å²) in [6.45, 7) is 2.97. The predicted molar refractivity (Wildman–Crippen MR) is 85.9 cm³/mol. The number of nitrogens with zero attached hydrogens (tertiary/aromatic N) is 2. The molecular weight excluding hydrogens is 321 g/mol. The van der Waals surface area contributed by atoms with Crippen LogP contribution in [0.5, 0.6) is 0 Å². The minimum atomic E-state index is -0.355. The topological polar surface area (TPSA) is 52.7 Å². The maximum atomic E-state index is 13.1. The average molecular weight is 340 g/mol. The van der Waals surface area contributed by atoms with E-state index < -0.39 is 0 Å². The molecule has 3 rings (SSSR count). The second-order valence-electron chi connectivity index (χ2n) is 5.95. The smallest absolute Gasteiger partial charge is 0.227 e. The number of piperidine rings is 1. The maximum Gasteiger partial charge on any atom is 0.227 e. The predicted octanol–water partition coefficient (Wildman–Crippen LogP) is 1.65. The molecule has 23 heavy (non-hydrogen) atoms. The van der Waals surface area contributed by atoms with Crippen LogP contribution in [-0.2, 0) is 9.59 Å². The molecule has 2 heterocycles. The average Bonchev–Trinajstić information content (AvgIpc) is 2.55. The molecule has 2 aliphatic rings. The van der Waals surface area contributed by atoms with Crippen LogP contribution in [0.2, 0.25) is 5.02 Å². The minimum absolute atomic E-state index is 0.0184. The molecule has 0 radical (unpaired) electrons. The first-order valence-electron chi connectivity index (χ1n) is 7.80. The molecular formula is C16H19ClFN3O2. The molecule has 1 aromatic rings. The Kier molecular flexibility index (Phi) is 4.71. The van der Waals surface area contributed by atoms with E-state index in [2.05, 4.69) is 10.2 Å². The Morgan fingerprint density at radius 2 is 2.00 bits per heavy atom. The van der Waals surface area contributed by atoms with Crippen LogP contribution >= 0.6 is 11.6 Å². The molecule has 0 bridgehead atoms. The van der Waals surface area contributed by atoms with Crippen molar-refractivity contribution in [2.45, 2.75) is 12.8 Å². The van der Waals surface area contributed by atoms with Crippen LogP contribution in [0.25, 0.3) is 0 Å². The lowest BCUT2D eigenvalue weighted by atomic mass is 9.97. The van der Waals surface area contributed by atoms with Crippen LogP contribution in [0, 0.1) is 11.7 Å². The fourth-order valence-corrected chi connectivity index (χ4v) is 3.39. The van der Waals surface area contributed by atoms with Gasteiger partial charge in [0.15, 0.2) is 0 Å². The van der Waals surface area contributed by atoms with Gasteiger partial charge in [-0.1, -0.05) is 11.6 Å². The normalized spacial score (nSPS) is 22.0. The summed E-state index contributed by atoms with van der Waals surface area (Å²) >= 11 is 6.09. The van der Waals surface area contributed by atoms with Crippen LogP contribution in [0.15, 0.2) is 18.2 Å². The van der Waals surface area contributed by atoms with Crippen LogP contribution in [0.1, 0.15) is 12.8 Å². The number of anilines is 1. The second-order valence-corrected chi connectivity index (χ2v) is 6.35. The van der Waals surface area contributed by atoms with Gasteiger partial charge in [-0.3, -0.25) is 9.59 Å².